The normalized spacial score (nSPS) is 13.1. The quantitative estimate of drug-likeness (QED) is 0.201. The minimum Gasteiger partial charge on any atom is -0.456 e. The monoisotopic (exact) mass is 590 g/mol. The van der Waals surface area contributed by atoms with E-state index in [0.717, 1.165) is 40.5 Å². The van der Waals surface area contributed by atoms with Crippen molar-refractivity contribution in [3.8, 4) is 22.5 Å². The van der Waals surface area contributed by atoms with Gasteiger partial charge in [-0.1, -0.05) is 72.8 Å². The first kappa shape index (κ1) is 25.5. The van der Waals surface area contributed by atoms with Crippen molar-refractivity contribution in [1.29, 1.82) is 0 Å². The van der Waals surface area contributed by atoms with Crippen LogP contribution in [0, 0.1) is 6.92 Å². The zero-order valence-electron chi connectivity index (χ0n) is 25.5. The van der Waals surface area contributed by atoms with Gasteiger partial charge in [0.05, 0.1) is 16.6 Å². The Morgan fingerprint density at radius 3 is 2.11 bits per heavy atom. The van der Waals surface area contributed by atoms with Crippen LogP contribution in [0.25, 0.3) is 89.3 Å². The molecular weight excluding hydrogens is 560 g/mol. The van der Waals surface area contributed by atoms with Gasteiger partial charge in [0, 0.05) is 48.9 Å². The van der Waals surface area contributed by atoms with Crippen molar-refractivity contribution < 1.29 is 4.42 Å². The van der Waals surface area contributed by atoms with Crippen LogP contribution in [0.5, 0.6) is 0 Å². The predicted octanol–water partition coefficient (Wildman–Crippen LogP) is 9.96. The standard InChI is InChI=1S/C43H30N2O/c1-27-10-9-16-40-43(27)36-25-29(19-22-39(36)44(40)30-11-3-2-4-12-30)28-18-21-38-34(24-28)32-13-5-7-15-37(32)45(38)31-20-23-42-35(26-31)33-14-6-8-17-41(33)46-42/h2-4,6,8-26H,5,7H2,1H3. The van der Waals surface area contributed by atoms with E-state index in [9.17, 15) is 0 Å². The maximum Gasteiger partial charge on any atom is 0.135 e. The maximum atomic E-state index is 6.16. The van der Waals surface area contributed by atoms with Crippen molar-refractivity contribution in [3.05, 3.63) is 144 Å². The van der Waals surface area contributed by atoms with Gasteiger partial charge in [-0.15, -0.1) is 0 Å². The van der Waals surface area contributed by atoms with Crippen molar-refractivity contribution in [2.75, 3.05) is 0 Å². The van der Waals surface area contributed by atoms with Gasteiger partial charge in [-0.05, 0) is 103 Å². The highest BCUT2D eigenvalue weighted by atomic mass is 16.3. The lowest BCUT2D eigenvalue weighted by Gasteiger charge is -2.09. The van der Waals surface area contributed by atoms with Crippen LogP contribution in [0.15, 0.2) is 132 Å². The molecule has 10 rings (SSSR count). The van der Waals surface area contributed by atoms with E-state index in [4.69, 9.17) is 4.42 Å². The number of aromatic nitrogens is 2. The fourth-order valence-electron chi connectivity index (χ4n) is 7.79. The predicted molar refractivity (Wildman–Crippen MR) is 192 cm³/mol. The molecule has 0 spiro atoms. The van der Waals surface area contributed by atoms with E-state index in [1.54, 1.807) is 0 Å². The van der Waals surface area contributed by atoms with Gasteiger partial charge in [0.25, 0.3) is 0 Å². The van der Waals surface area contributed by atoms with Crippen LogP contribution in [0.3, 0.4) is 0 Å². The second-order valence-electron chi connectivity index (χ2n) is 12.5. The highest BCUT2D eigenvalue weighted by molar-refractivity contribution is 6.12. The molecule has 0 unspecified atom stereocenters. The van der Waals surface area contributed by atoms with E-state index in [0.29, 0.717) is 0 Å². The summed E-state index contributed by atoms with van der Waals surface area (Å²) in [6.45, 7) is 2.22. The molecule has 3 heterocycles. The number of hydrogen-bond donors (Lipinski definition) is 0. The van der Waals surface area contributed by atoms with Gasteiger partial charge in [-0.3, -0.25) is 0 Å². The van der Waals surface area contributed by atoms with Gasteiger partial charge >= 0.3 is 0 Å². The molecule has 3 aromatic heterocycles. The van der Waals surface area contributed by atoms with E-state index >= 15 is 0 Å². The molecule has 218 valence electrons. The number of benzene rings is 6. The number of fused-ring (bicyclic) bond motifs is 9. The number of furan rings is 1. The minimum absolute atomic E-state index is 0.923. The largest absolute Gasteiger partial charge is 0.456 e. The smallest absolute Gasteiger partial charge is 0.135 e. The first-order chi connectivity index (χ1) is 22.7. The number of aryl methyl sites for hydroxylation is 1. The zero-order chi connectivity index (χ0) is 30.4. The van der Waals surface area contributed by atoms with Crippen LogP contribution in [-0.2, 0) is 0 Å². The van der Waals surface area contributed by atoms with Crippen molar-refractivity contribution in [2.45, 2.75) is 19.8 Å². The second-order valence-corrected chi connectivity index (χ2v) is 12.5. The number of hydrogen-bond acceptors (Lipinski definition) is 1. The Bertz CT molecular complexity index is 2810. The average molecular weight is 591 g/mol. The first-order valence-electron chi connectivity index (χ1n) is 16.1. The third-order valence-electron chi connectivity index (χ3n) is 9.86. The topological polar surface area (TPSA) is 23.0 Å². The number of para-hydroxylation sites is 2. The van der Waals surface area contributed by atoms with Gasteiger partial charge < -0.3 is 13.6 Å². The van der Waals surface area contributed by atoms with Crippen LogP contribution < -0.4 is 10.6 Å². The molecule has 3 nitrogen and oxygen atoms in total. The van der Waals surface area contributed by atoms with Crippen LogP contribution in [0.4, 0.5) is 0 Å². The first-order valence-corrected chi connectivity index (χ1v) is 16.1. The molecule has 46 heavy (non-hydrogen) atoms. The summed E-state index contributed by atoms with van der Waals surface area (Å²) in [5, 5.41) is 8.82. The summed E-state index contributed by atoms with van der Waals surface area (Å²) in [5.41, 5.74) is 11.7. The molecule has 1 aliphatic rings. The molecule has 0 atom stereocenters. The van der Waals surface area contributed by atoms with E-state index in [1.165, 1.54) is 65.7 Å². The van der Waals surface area contributed by atoms with Crippen LogP contribution in [0.2, 0.25) is 0 Å². The molecule has 0 saturated heterocycles. The molecule has 0 amide bonds. The van der Waals surface area contributed by atoms with Crippen LogP contribution >= 0.6 is 0 Å². The van der Waals surface area contributed by atoms with Gasteiger partial charge in [0.1, 0.15) is 11.2 Å². The fourth-order valence-corrected chi connectivity index (χ4v) is 7.79. The lowest BCUT2D eigenvalue weighted by Crippen LogP contribution is -2.30. The molecule has 0 aliphatic heterocycles. The Balaban J connectivity index is 1.19. The molecule has 0 radical (unpaired) electrons. The van der Waals surface area contributed by atoms with Gasteiger partial charge in [-0.25, -0.2) is 0 Å². The molecule has 6 aromatic carbocycles. The third kappa shape index (κ3) is 3.60. The molecule has 1 aliphatic carbocycles. The van der Waals surface area contributed by atoms with E-state index in [-0.39, 0.29) is 0 Å². The number of nitrogens with zero attached hydrogens (tertiary/aromatic N) is 2. The molecule has 0 saturated carbocycles. The summed E-state index contributed by atoms with van der Waals surface area (Å²) in [6.07, 6.45) is 6.93. The summed E-state index contributed by atoms with van der Waals surface area (Å²) < 4.78 is 11.0. The molecule has 0 bridgehead atoms. The van der Waals surface area contributed by atoms with Crippen molar-refractivity contribution >= 4 is 66.8 Å². The van der Waals surface area contributed by atoms with Gasteiger partial charge in [-0.2, -0.15) is 0 Å². The maximum absolute atomic E-state index is 6.16. The molecule has 0 N–H and O–H groups in total. The summed E-state index contributed by atoms with van der Waals surface area (Å²) in [4.78, 5) is 0. The highest BCUT2D eigenvalue weighted by Crippen LogP contribution is 2.37. The molecule has 0 fully saturated rings. The van der Waals surface area contributed by atoms with Crippen molar-refractivity contribution in [1.82, 2.24) is 9.13 Å². The fraction of sp³-hybridized carbons (Fsp3) is 0.0698. The Morgan fingerprint density at radius 2 is 1.24 bits per heavy atom. The van der Waals surface area contributed by atoms with Gasteiger partial charge in [0.2, 0.25) is 0 Å². The molecular formula is C43H30N2O. The van der Waals surface area contributed by atoms with E-state index in [2.05, 4.69) is 143 Å². The van der Waals surface area contributed by atoms with E-state index in [1.807, 2.05) is 12.1 Å². The molecule has 3 heteroatoms. The number of rotatable bonds is 3. The second kappa shape index (κ2) is 9.60. The lowest BCUT2D eigenvalue weighted by molar-refractivity contribution is 0.669. The SMILES string of the molecule is Cc1cccc2c1c1cc(-c3ccc4c(c3)c3c(n4-c4ccc5oc6ccccc6c5c4)=CCCC=3)ccc1n2-c1ccccc1. The summed E-state index contributed by atoms with van der Waals surface area (Å²) >= 11 is 0. The highest BCUT2D eigenvalue weighted by Gasteiger charge is 2.17. The van der Waals surface area contributed by atoms with Gasteiger partial charge in [0.15, 0.2) is 0 Å². The minimum atomic E-state index is 0.923. The van der Waals surface area contributed by atoms with Crippen LogP contribution in [-0.4, -0.2) is 9.13 Å². The Kier molecular flexibility index (Phi) is 5.32. The average Bonchev–Trinajstić information content (AvgIpc) is 3.76. The van der Waals surface area contributed by atoms with Crippen molar-refractivity contribution in [3.63, 3.8) is 0 Å². The van der Waals surface area contributed by atoms with E-state index < -0.39 is 0 Å². The lowest BCUT2D eigenvalue weighted by atomic mass is 9.99. The molecule has 9 aromatic rings. The third-order valence-corrected chi connectivity index (χ3v) is 9.86. The van der Waals surface area contributed by atoms with Crippen molar-refractivity contribution in [2.24, 2.45) is 0 Å². The summed E-state index contributed by atoms with van der Waals surface area (Å²) in [6, 6.07) is 46.2. The Hall–Kier alpha value is -5.80. The Morgan fingerprint density at radius 1 is 0.500 bits per heavy atom. The zero-order valence-corrected chi connectivity index (χ0v) is 25.5. The summed E-state index contributed by atoms with van der Waals surface area (Å²) in [7, 11) is 0. The Labute approximate surface area is 265 Å². The van der Waals surface area contributed by atoms with Crippen LogP contribution in [0.1, 0.15) is 18.4 Å². The summed E-state index contributed by atoms with van der Waals surface area (Å²) in [5.74, 6) is 0.